The Balaban J connectivity index is 2.09. The molecule has 1 heterocycles. The molecule has 0 atom stereocenters. The van der Waals surface area contributed by atoms with E-state index in [1.807, 2.05) is 0 Å². The van der Waals surface area contributed by atoms with Gasteiger partial charge in [-0.1, -0.05) is 0 Å². The Morgan fingerprint density at radius 3 is 2.82 bits per heavy atom. The lowest BCUT2D eigenvalue weighted by Crippen LogP contribution is -2.54. The van der Waals surface area contributed by atoms with Gasteiger partial charge in [0.05, 0.1) is 19.2 Å². The van der Waals surface area contributed by atoms with Gasteiger partial charge in [-0.2, -0.15) is 0 Å². The van der Waals surface area contributed by atoms with Crippen LogP contribution < -0.4 is 0 Å². The molecule has 0 aliphatic carbocycles. The van der Waals surface area contributed by atoms with Gasteiger partial charge in [0, 0.05) is 0 Å². The van der Waals surface area contributed by atoms with Crippen LogP contribution in [-0.2, 0) is 9.53 Å². The smallest absolute Gasteiger partial charge is 0.407 e. The summed E-state index contributed by atoms with van der Waals surface area (Å²) in [4.78, 5) is 21.2. The average molecular weight is 159 g/mol. The third-order valence-electron chi connectivity index (χ3n) is 1.52. The van der Waals surface area contributed by atoms with Crippen molar-refractivity contribution in [2.24, 2.45) is 0 Å². The number of carboxylic acid groups (broad SMARTS) is 1. The minimum absolute atomic E-state index is 0.0537. The molecule has 1 fully saturated rings. The van der Waals surface area contributed by atoms with Crippen molar-refractivity contribution in [3.63, 3.8) is 0 Å². The minimum atomic E-state index is -0.934. The maximum absolute atomic E-state index is 10.2. The molecule has 11 heavy (non-hydrogen) atoms. The predicted molar refractivity (Wildman–Crippen MR) is 35.4 cm³/mol. The normalized spacial score (nSPS) is 17.6. The molecular weight excluding hydrogens is 150 g/mol. The summed E-state index contributed by atoms with van der Waals surface area (Å²) in [6.45, 7) is 0.810. The first-order chi connectivity index (χ1) is 5.24. The van der Waals surface area contributed by atoms with Crippen molar-refractivity contribution in [1.82, 2.24) is 4.90 Å². The molecule has 5 heteroatoms. The standard InChI is InChI=1S/C6H9NO4/c8-1-2-11-5-3-7(4-5)6(9)10/h1,5H,2-4H2,(H,9,10). The van der Waals surface area contributed by atoms with Crippen LogP contribution in [0.15, 0.2) is 0 Å². The summed E-state index contributed by atoms with van der Waals surface area (Å²) in [6, 6.07) is 0. The van der Waals surface area contributed by atoms with E-state index in [1.54, 1.807) is 0 Å². The Morgan fingerprint density at radius 2 is 2.36 bits per heavy atom. The van der Waals surface area contributed by atoms with Gasteiger partial charge in [0.1, 0.15) is 12.9 Å². The predicted octanol–water partition coefficient (Wildman–Crippen LogP) is -0.436. The summed E-state index contributed by atoms with van der Waals surface area (Å²) in [6.07, 6.45) is -0.365. The molecule has 62 valence electrons. The molecule has 0 saturated carbocycles. The van der Waals surface area contributed by atoms with Crippen LogP contribution in [0.3, 0.4) is 0 Å². The monoisotopic (exact) mass is 159 g/mol. The van der Waals surface area contributed by atoms with Crippen LogP contribution in [0.1, 0.15) is 0 Å². The highest BCUT2D eigenvalue weighted by molar-refractivity contribution is 5.66. The van der Waals surface area contributed by atoms with Gasteiger partial charge in [0.2, 0.25) is 0 Å². The van der Waals surface area contributed by atoms with Crippen molar-refractivity contribution in [3.8, 4) is 0 Å². The van der Waals surface area contributed by atoms with Crippen LogP contribution >= 0.6 is 0 Å². The number of hydrogen-bond donors (Lipinski definition) is 1. The molecule has 5 nitrogen and oxygen atoms in total. The van der Waals surface area contributed by atoms with E-state index in [0.717, 1.165) is 0 Å². The van der Waals surface area contributed by atoms with E-state index in [4.69, 9.17) is 9.84 Å². The van der Waals surface area contributed by atoms with Crippen LogP contribution in [0, 0.1) is 0 Å². The average Bonchev–Trinajstić information content (AvgIpc) is 1.84. The topological polar surface area (TPSA) is 66.8 Å². The number of nitrogens with zero attached hydrogens (tertiary/aromatic N) is 1. The quantitative estimate of drug-likeness (QED) is 0.567. The highest BCUT2D eigenvalue weighted by Gasteiger charge is 2.30. The van der Waals surface area contributed by atoms with Crippen molar-refractivity contribution in [2.75, 3.05) is 19.7 Å². The van der Waals surface area contributed by atoms with Crippen molar-refractivity contribution in [3.05, 3.63) is 0 Å². The van der Waals surface area contributed by atoms with E-state index in [0.29, 0.717) is 19.4 Å². The van der Waals surface area contributed by atoms with Crippen molar-refractivity contribution < 1.29 is 19.4 Å². The first-order valence-corrected chi connectivity index (χ1v) is 3.27. The zero-order valence-electron chi connectivity index (χ0n) is 5.90. The number of aldehydes is 1. The summed E-state index contributed by atoms with van der Waals surface area (Å²) in [5, 5.41) is 8.38. The van der Waals surface area contributed by atoms with Gasteiger partial charge in [0.15, 0.2) is 0 Å². The second kappa shape index (κ2) is 3.34. The molecule has 0 bridgehead atoms. The molecule has 0 spiro atoms. The molecule has 0 aromatic carbocycles. The molecule has 0 aromatic rings. The molecule has 1 amide bonds. The second-order valence-corrected chi connectivity index (χ2v) is 2.31. The summed E-state index contributed by atoms with van der Waals surface area (Å²) >= 11 is 0. The first kappa shape index (κ1) is 8.00. The second-order valence-electron chi connectivity index (χ2n) is 2.31. The minimum Gasteiger partial charge on any atom is -0.465 e. The zero-order chi connectivity index (χ0) is 8.27. The van der Waals surface area contributed by atoms with Gasteiger partial charge in [-0.05, 0) is 0 Å². The van der Waals surface area contributed by atoms with Gasteiger partial charge in [-0.3, -0.25) is 0 Å². The largest absolute Gasteiger partial charge is 0.465 e. The number of amides is 1. The highest BCUT2D eigenvalue weighted by Crippen LogP contribution is 2.10. The highest BCUT2D eigenvalue weighted by atomic mass is 16.5. The summed E-state index contributed by atoms with van der Waals surface area (Å²) in [7, 11) is 0. The number of rotatable bonds is 3. The van der Waals surface area contributed by atoms with E-state index in [9.17, 15) is 9.59 Å². The lowest BCUT2D eigenvalue weighted by molar-refractivity contribution is -0.117. The Kier molecular flexibility index (Phi) is 2.43. The number of carbonyl (C=O) groups is 2. The maximum Gasteiger partial charge on any atom is 0.407 e. The van der Waals surface area contributed by atoms with Crippen molar-refractivity contribution in [2.45, 2.75) is 6.10 Å². The maximum atomic E-state index is 10.2. The fourth-order valence-electron chi connectivity index (χ4n) is 0.875. The lowest BCUT2D eigenvalue weighted by Gasteiger charge is -2.36. The molecule has 0 radical (unpaired) electrons. The number of hydrogen-bond acceptors (Lipinski definition) is 3. The third kappa shape index (κ3) is 1.91. The Labute approximate surface area is 63.5 Å². The fourth-order valence-corrected chi connectivity index (χ4v) is 0.875. The number of likely N-dealkylation sites (tertiary alicyclic amines) is 1. The van der Waals surface area contributed by atoms with Gasteiger partial charge >= 0.3 is 6.09 Å². The molecule has 1 aliphatic heterocycles. The fraction of sp³-hybridized carbons (Fsp3) is 0.667. The zero-order valence-corrected chi connectivity index (χ0v) is 5.90. The molecule has 1 saturated heterocycles. The van der Waals surface area contributed by atoms with Gasteiger partial charge < -0.3 is 19.5 Å². The molecule has 1 N–H and O–H groups in total. The van der Waals surface area contributed by atoms with Crippen molar-refractivity contribution in [1.29, 1.82) is 0 Å². The van der Waals surface area contributed by atoms with E-state index < -0.39 is 6.09 Å². The van der Waals surface area contributed by atoms with E-state index in [-0.39, 0.29) is 12.7 Å². The number of ether oxygens (including phenoxy) is 1. The van der Waals surface area contributed by atoms with E-state index in [1.165, 1.54) is 4.90 Å². The van der Waals surface area contributed by atoms with E-state index >= 15 is 0 Å². The van der Waals surface area contributed by atoms with Gasteiger partial charge in [-0.25, -0.2) is 4.79 Å². The van der Waals surface area contributed by atoms with Gasteiger partial charge in [-0.15, -0.1) is 0 Å². The summed E-state index contributed by atoms with van der Waals surface area (Å²) in [5.74, 6) is 0. The van der Waals surface area contributed by atoms with Crippen LogP contribution in [0.5, 0.6) is 0 Å². The molecular formula is C6H9NO4. The van der Waals surface area contributed by atoms with Crippen LogP contribution in [0.4, 0.5) is 4.79 Å². The summed E-state index contributed by atoms with van der Waals surface area (Å²) in [5.41, 5.74) is 0. The summed E-state index contributed by atoms with van der Waals surface area (Å²) < 4.78 is 4.93. The molecule has 1 aliphatic rings. The molecule has 1 rings (SSSR count). The third-order valence-corrected chi connectivity index (χ3v) is 1.52. The molecule has 0 unspecified atom stereocenters. The van der Waals surface area contributed by atoms with Crippen LogP contribution in [0.25, 0.3) is 0 Å². The first-order valence-electron chi connectivity index (χ1n) is 3.27. The van der Waals surface area contributed by atoms with Crippen LogP contribution in [0.2, 0.25) is 0 Å². The SMILES string of the molecule is O=CCOC1CN(C(=O)O)C1. The Hall–Kier alpha value is -1.10. The lowest BCUT2D eigenvalue weighted by atomic mass is 10.2. The Morgan fingerprint density at radius 1 is 1.73 bits per heavy atom. The van der Waals surface area contributed by atoms with Crippen molar-refractivity contribution >= 4 is 12.4 Å². The van der Waals surface area contributed by atoms with Gasteiger partial charge in [0.25, 0.3) is 0 Å². The number of carbonyl (C=O) groups excluding carboxylic acids is 1. The molecule has 0 aromatic heterocycles. The van der Waals surface area contributed by atoms with Crippen LogP contribution in [-0.4, -0.2) is 48.2 Å². The van der Waals surface area contributed by atoms with E-state index in [2.05, 4.69) is 0 Å². The Bertz CT molecular complexity index is 164.